The van der Waals surface area contributed by atoms with Crippen molar-refractivity contribution in [2.45, 2.75) is 44.8 Å². The maximum absolute atomic E-state index is 9.91. The molecule has 0 spiro atoms. The molecule has 1 saturated carbocycles. The summed E-state index contributed by atoms with van der Waals surface area (Å²) in [5.41, 5.74) is 0. The Morgan fingerprint density at radius 1 is 1.22 bits per heavy atom. The van der Waals surface area contributed by atoms with Crippen LogP contribution < -0.4 is 0 Å². The first-order valence-corrected chi connectivity index (χ1v) is 7.51. The molecule has 4 nitrogen and oxygen atoms in total. The number of hydrogen-bond acceptors (Lipinski definition) is 4. The van der Waals surface area contributed by atoms with E-state index in [9.17, 15) is 5.11 Å². The van der Waals surface area contributed by atoms with E-state index >= 15 is 0 Å². The van der Waals surface area contributed by atoms with Crippen LogP contribution in [0.15, 0.2) is 0 Å². The smallest absolute Gasteiger partial charge is 0.0900 e. The lowest BCUT2D eigenvalue weighted by atomic mass is 10.2. The van der Waals surface area contributed by atoms with Gasteiger partial charge in [-0.05, 0) is 19.3 Å². The molecule has 0 aromatic heterocycles. The molecule has 4 heteroatoms. The predicted octanol–water partition coefficient (Wildman–Crippen LogP) is 0.944. The molecular weight excluding hydrogens is 228 g/mol. The van der Waals surface area contributed by atoms with Gasteiger partial charge in [0.05, 0.1) is 12.7 Å². The number of aliphatic hydroxyl groups excluding tert-OH is 1. The Bertz CT molecular complexity index is 226. The van der Waals surface area contributed by atoms with Crippen molar-refractivity contribution in [2.24, 2.45) is 0 Å². The van der Waals surface area contributed by atoms with Crippen molar-refractivity contribution in [1.29, 1.82) is 0 Å². The van der Waals surface area contributed by atoms with Gasteiger partial charge in [0.2, 0.25) is 0 Å². The molecule has 0 aromatic carbocycles. The fraction of sp³-hybridized carbons (Fsp3) is 1.00. The van der Waals surface area contributed by atoms with Crippen LogP contribution in [0.3, 0.4) is 0 Å². The van der Waals surface area contributed by atoms with E-state index in [1.54, 1.807) is 0 Å². The van der Waals surface area contributed by atoms with Gasteiger partial charge in [-0.15, -0.1) is 0 Å². The first-order valence-electron chi connectivity index (χ1n) is 7.51. The van der Waals surface area contributed by atoms with Crippen molar-refractivity contribution in [2.75, 3.05) is 45.9 Å². The summed E-state index contributed by atoms with van der Waals surface area (Å²) in [5.74, 6) is 0. The number of piperazine rings is 1. The molecule has 1 unspecified atom stereocenters. The fourth-order valence-electron chi connectivity index (χ4n) is 2.57. The molecule has 2 fully saturated rings. The van der Waals surface area contributed by atoms with Crippen LogP contribution in [0, 0.1) is 0 Å². The molecule has 1 atom stereocenters. The van der Waals surface area contributed by atoms with Crippen LogP contribution in [0.1, 0.15) is 32.6 Å². The molecule has 1 saturated heterocycles. The number of aliphatic hydroxyl groups is 1. The lowest BCUT2D eigenvalue weighted by Gasteiger charge is -2.35. The van der Waals surface area contributed by atoms with Crippen molar-refractivity contribution < 1.29 is 9.84 Å². The Labute approximate surface area is 111 Å². The third-order valence-electron chi connectivity index (χ3n) is 3.89. The third kappa shape index (κ3) is 4.84. The molecule has 106 valence electrons. The van der Waals surface area contributed by atoms with E-state index < -0.39 is 0 Å². The van der Waals surface area contributed by atoms with Crippen LogP contribution in [-0.2, 0) is 4.74 Å². The van der Waals surface area contributed by atoms with Gasteiger partial charge in [-0.1, -0.05) is 13.3 Å². The highest BCUT2D eigenvalue weighted by molar-refractivity contribution is 4.87. The largest absolute Gasteiger partial charge is 0.389 e. The maximum Gasteiger partial charge on any atom is 0.0900 e. The van der Waals surface area contributed by atoms with Crippen LogP contribution in [0.5, 0.6) is 0 Å². The van der Waals surface area contributed by atoms with E-state index in [-0.39, 0.29) is 6.10 Å². The van der Waals surface area contributed by atoms with Gasteiger partial charge in [0.1, 0.15) is 0 Å². The number of unbranched alkanes of at least 4 members (excludes halogenated alkanes) is 1. The van der Waals surface area contributed by atoms with Crippen LogP contribution in [-0.4, -0.2) is 73.0 Å². The van der Waals surface area contributed by atoms with Crippen LogP contribution in [0.4, 0.5) is 0 Å². The van der Waals surface area contributed by atoms with E-state index in [1.807, 2.05) is 0 Å². The third-order valence-corrected chi connectivity index (χ3v) is 3.89. The van der Waals surface area contributed by atoms with Gasteiger partial charge in [0.25, 0.3) is 0 Å². The average Bonchev–Trinajstić information content (AvgIpc) is 3.20. The quantitative estimate of drug-likeness (QED) is 0.656. The lowest BCUT2D eigenvalue weighted by Crippen LogP contribution is -2.49. The molecule has 0 amide bonds. The molecular formula is C14H28N2O2. The summed E-state index contributed by atoms with van der Waals surface area (Å²) in [7, 11) is 0. The lowest BCUT2D eigenvalue weighted by molar-refractivity contribution is 0.00587. The van der Waals surface area contributed by atoms with Gasteiger partial charge in [0, 0.05) is 45.4 Å². The summed E-state index contributed by atoms with van der Waals surface area (Å²) in [5, 5.41) is 9.91. The first kappa shape index (κ1) is 14.3. The average molecular weight is 256 g/mol. The van der Waals surface area contributed by atoms with Gasteiger partial charge in [0.15, 0.2) is 0 Å². The normalized spacial score (nSPS) is 24.3. The van der Waals surface area contributed by atoms with Crippen molar-refractivity contribution >= 4 is 0 Å². The minimum Gasteiger partial charge on any atom is -0.389 e. The molecule has 1 N–H and O–H groups in total. The van der Waals surface area contributed by atoms with Crippen molar-refractivity contribution in [3.8, 4) is 0 Å². The number of nitrogens with zero attached hydrogens (tertiary/aromatic N) is 2. The Kier molecular flexibility index (Phi) is 5.89. The Balaban J connectivity index is 1.53. The monoisotopic (exact) mass is 256 g/mol. The zero-order valence-electron chi connectivity index (χ0n) is 11.7. The van der Waals surface area contributed by atoms with Crippen LogP contribution in [0.25, 0.3) is 0 Å². The zero-order valence-corrected chi connectivity index (χ0v) is 11.7. The highest BCUT2D eigenvalue weighted by Gasteiger charge is 2.31. The first-order chi connectivity index (χ1) is 8.79. The second kappa shape index (κ2) is 7.43. The van der Waals surface area contributed by atoms with Crippen molar-refractivity contribution in [1.82, 2.24) is 9.80 Å². The van der Waals surface area contributed by atoms with Gasteiger partial charge in [-0.3, -0.25) is 9.80 Å². The Hall–Kier alpha value is -0.160. The molecule has 1 aliphatic carbocycles. The summed E-state index contributed by atoms with van der Waals surface area (Å²) in [6.45, 7) is 8.74. The highest BCUT2D eigenvalue weighted by Crippen LogP contribution is 2.27. The SMILES string of the molecule is CCCCOCC(O)CN1CCN(C2CC2)CC1. The van der Waals surface area contributed by atoms with Gasteiger partial charge >= 0.3 is 0 Å². The summed E-state index contributed by atoms with van der Waals surface area (Å²) in [4.78, 5) is 4.97. The van der Waals surface area contributed by atoms with Crippen LogP contribution in [0.2, 0.25) is 0 Å². The molecule has 1 aliphatic heterocycles. The van der Waals surface area contributed by atoms with Crippen molar-refractivity contribution in [3.05, 3.63) is 0 Å². The predicted molar refractivity (Wildman–Crippen MR) is 72.8 cm³/mol. The van der Waals surface area contributed by atoms with Gasteiger partial charge in [-0.25, -0.2) is 0 Å². The summed E-state index contributed by atoms with van der Waals surface area (Å²) in [6, 6.07) is 0.884. The van der Waals surface area contributed by atoms with E-state index in [2.05, 4.69) is 16.7 Å². The van der Waals surface area contributed by atoms with Gasteiger partial charge in [-0.2, -0.15) is 0 Å². The standard InChI is InChI=1S/C14H28N2O2/c1-2-3-10-18-12-14(17)11-15-6-8-16(9-7-15)13-4-5-13/h13-14,17H,2-12H2,1H3. The minimum absolute atomic E-state index is 0.325. The van der Waals surface area contributed by atoms with E-state index in [0.717, 1.165) is 45.1 Å². The van der Waals surface area contributed by atoms with Gasteiger partial charge < -0.3 is 9.84 Å². The second-order valence-electron chi connectivity index (χ2n) is 5.65. The number of rotatable bonds is 8. The summed E-state index contributed by atoms with van der Waals surface area (Å²) in [6.07, 6.45) is 4.71. The molecule has 0 bridgehead atoms. The molecule has 2 aliphatic rings. The molecule has 2 rings (SSSR count). The highest BCUT2D eigenvalue weighted by atomic mass is 16.5. The Morgan fingerprint density at radius 3 is 2.56 bits per heavy atom. The molecule has 0 aromatic rings. The Morgan fingerprint density at radius 2 is 1.94 bits per heavy atom. The number of hydrogen-bond donors (Lipinski definition) is 1. The molecule has 18 heavy (non-hydrogen) atoms. The summed E-state index contributed by atoms with van der Waals surface area (Å²) < 4.78 is 5.46. The van der Waals surface area contributed by atoms with Crippen molar-refractivity contribution in [3.63, 3.8) is 0 Å². The second-order valence-corrected chi connectivity index (χ2v) is 5.65. The van der Waals surface area contributed by atoms with E-state index in [0.29, 0.717) is 6.61 Å². The minimum atomic E-state index is -0.325. The maximum atomic E-state index is 9.91. The zero-order chi connectivity index (χ0) is 12.8. The molecule has 1 heterocycles. The number of β-amino-alcohol motifs (C(OH)–C–C–N with tert-alkyl or cyclic N) is 1. The van der Waals surface area contributed by atoms with E-state index in [1.165, 1.54) is 25.9 Å². The van der Waals surface area contributed by atoms with Crippen LogP contribution >= 0.6 is 0 Å². The fourth-order valence-corrected chi connectivity index (χ4v) is 2.57. The topological polar surface area (TPSA) is 35.9 Å². The number of ether oxygens (including phenoxy) is 1. The van der Waals surface area contributed by atoms with E-state index in [4.69, 9.17) is 4.74 Å². The summed E-state index contributed by atoms with van der Waals surface area (Å²) >= 11 is 0. The molecule has 0 radical (unpaired) electrons.